The number of anilines is 1. The van der Waals surface area contributed by atoms with E-state index in [1.54, 1.807) is 4.90 Å². The third-order valence-electron chi connectivity index (χ3n) is 3.09. The Balaban J connectivity index is 1.95. The number of carbonyl (C=O) groups excluding carboxylic acids is 1. The third-order valence-corrected chi connectivity index (χ3v) is 3.92. The van der Waals surface area contributed by atoms with Crippen molar-refractivity contribution in [1.29, 1.82) is 0 Å². The standard InChI is InChI=1S/C12H15BrClN3O/c13-8-1-2-10(14)11(7-8)16-9-3-5-17(6-4-9)12(15)18/h1-2,7,9,16H,3-6H2,(H2,15,18). The van der Waals surface area contributed by atoms with Crippen LogP contribution in [0.4, 0.5) is 10.5 Å². The van der Waals surface area contributed by atoms with Crippen LogP contribution in [0.15, 0.2) is 22.7 Å². The van der Waals surface area contributed by atoms with Gasteiger partial charge >= 0.3 is 6.03 Å². The van der Waals surface area contributed by atoms with Crippen LogP contribution in [0.1, 0.15) is 12.8 Å². The first kappa shape index (κ1) is 13.5. The summed E-state index contributed by atoms with van der Waals surface area (Å²) in [5, 5.41) is 4.11. The summed E-state index contributed by atoms with van der Waals surface area (Å²) in [6.45, 7) is 1.39. The van der Waals surface area contributed by atoms with Crippen LogP contribution < -0.4 is 11.1 Å². The van der Waals surface area contributed by atoms with E-state index >= 15 is 0 Å². The van der Waals surface area contributed by atoms with Gasteiger partial charge in [-0.05, 0) is 31.0 Å². The average Bonchev–Trinajstić information content (AvgIpc) is 2.34. The Morgan fingerprint density at radius 2 is 2.11 bits per heavy atom. The van der Waals surface area contributed by atoms with Crippen LogP contribution in [0.25, 0.3) is 0 Å². The second kappa shape index (κ2) is 5.80. The van der Waals surface area contributed by atoms with Gasteiger partial charge in [0.1, 0.15) is 0 Å². The van der Waals surface area contributed by atoms with Gasteiger partial charge in [-0.25, -0.2) is 4.79 Å². The van der Waals surface area contributed by atoms with Crippen LogP contribution >= 0.6 is 27.5 Å². The van der Waals surface area contributed by atoms with E-state index in [9.17, 15) is 4.79 Å². The maximum atomic E-state index is 11.0. The molecule has 98 valence electrons. The summed E-state index contributed by atoms with van der Waals surface area (Å²) in [6, 6.07) is 5.71. The van der Waals surface area contributed by atoms with Gasteiger partial charge in [0.05, 0.1) is 10.7 Å². The molecule has 1 heterocycles. The van der Waals surface area contributed by atoms with Crippen molar-refractivity contribution in [1.82, 2.24) is 4.90 Å². The number of nitrogens with one attached hydrogen (secondary N) is 1. The number of hydrogen-bond acceptors (Lipinski definition) is 2. The van der Waals surface area contributed by atoms with E-state index in [0.717, 1.165) is 23.0 Å². The van der Waals surface area contributed by atoms with Gasteiger partial charge in [-0.2, -0.15) is 0 Å². The first-order valence-corrected chi connectivity index (χ1v) is 6.99. The topological polar surface area (TPSA) is 58.4 Å². The van der Waals surface area contributed by atoms with E-state index in [1.165, 1.54) is 0 Å². The Hall–Kier alpha value is -0.940. The summed E-state index contributed by atoms with van der Waals surface area (Å²) < 4.78 is 0.990. The van der Waals surface area contributed by atoms with E-state index in [2.05, 4.69) is 21.2 Å². The SMILES string of the molecule is NC(=O)N1CCC(Nc2cc(Br)ccc2Cl)CC1. The highest BCUT2D eigenvalue weighted by Crippen LogP contribution is 2.27. The molecular weight excluding hydrogens is 318 g/mol. The molecule has 0 atom stereocenters. The first-order chi connectivity index (χ1) is 8.56. The number of primary amides is 1. The van der Waals surface area contributed by atoms with Crippen molar-refractivity contribution in [3.63, 3.8) is 0 Å². The van der Waals surface area contributed by atoms with Crippen molar-refractivity contribution in [2.75, 3.05) is 18.4 Å². The summed E-state index contributed by atoms with van der Waals surface area (Å²) in [5.41, 5.74) is 6.17. The molecule has 1 aliphatic heterocycles. The smallest absolute Gasteiger partial charge is 0.314 e. The maximum Gasteiger partial charge on any atom is 0.314 e. The molecule has 4 nitrogen and oxygen atoms in total. The lowest BCUT2D eigenvalue weighted by Gasteiger charge is -2.32. The number of halogens is 2. The van der Waals surface area contributed by atoms with E-state index in [0.29, 0.717) is 24.2 Å². The number of piperidine rings is 1. The summed E-state index contributed by atoms with van der Waals surface area (Å²) in [5.74, 6) is 0. The Bertz CT molecular complexity index is 447. The number of hydrogen-bond donors (Lipinski definition) is 2. The lowest BCUT2D eigenvalue weighted by atomic mass is 10.0. The number of carbonyl (C=O) groups is 1. The highest BCUT2D eigenvalue weighted by Gasteiger charge is 2.21. The number of likely N-dealkylation sites (tertiary alicyclic amines) is 1. The van der Waals surface area contributed by atoms with Gasteiger partial charge < -0.3 is 16.0 Å². The summed E-state index contributed by atoms with van der Waals surface area (Å²) in [6.07, 6.45) is 1.76. The fraction of sp³-hybridized carbons (Fsp3) is 0.417. The fourth-order valence-corrected chi connectivity index (χ4v) is 2.61. The van der Waals surface area contributed by atoms with Crippen molar-refractivity contribution in [2.45, 2.75) is 18.9 Å². The van der Waals surface area contributed by atoms with Gasteiger partial charge in [0.2, 0.25) is 0 Å². The predicted octanol–water partition coefficient (Wildman–Crippen LogP) is 3.06. The Morgan fingerprint density at radius 1 is 1.44 bits per heavy atom. The van der Waals surface area contributed by atoms with Gasteiger partial charge in [-0.3, -0.25) is 0 Å². The van der Waals surface area contributed by atoms with Crippen molar-refractivity contribution in [3.8, 4) is 0 Å². The van der Waals surface area contributed by atoms with Gasteiger partial charge in [-0.15, -0.1) is 0 Å². The number of urea groups is 1. The number of amides is 2. The summed E-state index contributed by atoms with van der Waals surface area (Å²) in [4.78, 5) is 12.7. The van der Waals surface area contributed by atoms with Crippen molar-refractivity contribution >= 4 is 39.2 Å². The molecule has 1 aliphatic rings. The van der Waals surface area contributed by atoms with Crippen LogP contribution in [0, 0.1) is 0 Å². The van der Waals surface area contributed by atoms with Crippen LogP contribution in [0.3, 0.4) is 0 Å². The minimum Gasteiger partial charge on any atom is -0.381 e. The summed E-state index contributed by atoms with van der Waals surface area (Å²) >= 11 is 9.55. The molecular formula is C12H15BrClN3O. The molecule has 0 aliphatic carbocycles. The van der Waals surface area contributed by atoms with Crippen LogP contribution in [-0.4, -0.2) is 30.1 Å². The van der Waals surface area contributed by atoms with E-state index < -0.39 is 0 Å². The fourth-order valence-electron chi connectivity index (χ4n) is 2.07. The van der Waals surface area contributed by atoms with Crippen LogP contribution in [0.5, 0.6) is 0 Å². The second-order valence-electron chi connectivity index (χ2n) is 4.37. The van der Waals surface area contributed by atoms with E-state index in [1.807, 2.05) is 18.2 Å². The van der Waals surface area contributed by atoms with E-state index in [-0.39, 0.29) is 6.03 Å². The maximum absolute atomic E-state index is 11.0. The second-order valence-corrected chi connectivity index (χ2v) is 5.69. The zero-order valence-electron chi connectivity index (χ0n) is 9.83. The molecule has 0 saturated carbocycles. The average molecular weight is 333 g/mol. The van der Waals surface area contributed by atoms with E-state index in [4.69, 9.17) is 17.3 Å². The number of nitrogens with two attached hydrogens (primary N) is 1. The molecule has 1 aromatic rings. The van der Waals surface area contributed by atoms with Gasteiger partial charge in [0.25, 0.3) is 0 Å². The first-order valence-electron chi connectivity index (χ1n) is 5.82. The van der Waals surface area contributed by atoms with Crippen molar-refractivity contribution < 1.29 is 4.79 Å². The van der Waals surface area contributed by atoms with Gasteiger partial charge in [-0.1, -0.05) is 27.5 Å². The Kier molecular flexibility index (Phi) is 4.35. The summed E-state index contributed by atoms with van der Waals surface area (Å²) in [7, 11) is 0. The highest BCUT2D eigenvalue weighted by atomic mass is 79.9. The third kappa shape index (κ3) is 3.29. The molecule has 1 saturated heterocycles. The minimum atomic E-state index is -0.339. The van der Waals surface area contributed by atoms with Crippen LogP contribution in [0.2, 0.25) is 5.02 Å². The van der Waals surface area contributed by atoms with Gasteiger partial charge in [0.15, 0.2) is 0 Å². The molecule has 2 amide bonds. The lowest BCUT2D eigenvalue weighted by molar-refractivity contribution is 0.193. The molecule has 1 fully saturated rings. The molecule has 18 heavy (non-hydrogen) atoms. The number of rotatable bonds is 2. The Morgan fingerprint density at radius 3 is 2.72 bits per heavy atom. The quantitative estimate of drug-likeness (QED) is 0.874. The Labute approximate surface area is 120 Å². The molecule has 3 N–H and O–H groups in total. The largest absolute Gasteiger partial charge is 0.381 e. The molecule has 0 bridgehead atoms. The van der Waals surface area contributed by atoms with Crippen LogP contribution in [-0.2, 0) is 0 Å². The highest BCUT2D eigenvalue weighted by molar-refractivity contribution is 9.10. The van der Waals surface area contributed by atoms with Crippen molar-refractivity contribution in [2.24, 2.45) is 5.73 Å². The van der Waals surface area contributed by atoms with Gasteiger partial charge in [0, 0.05) is 23.6 Å². The minimum absolute atomic E-state index is 0.326. The monoisotopic (exact) mass is 331 g/mol. The number of benzene rings is 1. The predicted molar refractivity (Wildman–Crippen MR) is 77.0 cm³/mol. The zero-order valence-corrected chi connectivity index (χ0v) is 12.2. The molecule has 1 aromatic carbocycles. The molecule has 0 spiro atoms. The molecule has 6 heteroatoms. The zero-order chi connectivity index (χ0) is 13.1. The normalized spacial score (nSPS) is 16.7. The molecule has 0 radical (unpaired) electrons. The molecule has 0 unspecified atom stereocenters. The molecule has 0 aromatic heterocycles. The molecule has 2 rings (SSSR count). The number of nitrogens with zero attached hydrogens (tertiary/aromatic N) is 1. The lowest BCUT2D eigenvalue weighted by Crippen LogP contribution is -2.44. The van der Waals surface area contributed by atoms with Crippen molar-refractivity contribution in [3.05, 3.63) is 27.7 Å².